The second-order valence-electron chi connectivity index (χ2n) is 8.21. The number of rotatable bonds is 17. The molecule has 0 aliphatic heterocycles. The van der Waals surface area contributed by atoms with E-state index in [1.54, 1.807) is 0 Å². The van der Waals surface area contributed by atoms with Gasteiger partial charge in [-0.2, -0.15) is 0 Å². The Balaban J connectivity index is 3.52. The van der Waals surface area contributed by atoms with E-state index >= 15 is 0 Å². The van der Waals surface area contributed by atoms with Crippen LogP contribution in [0.25, 0.3) is 0 Å². The van der Waals surface area contributed by atoms with Gasteiger partial charge in [0.05, 0.1) is 0 Å². The van der Waals surface area contributed by atoms with E-state index in [9.17, 15) is 10.2 Å². The highest BCUT2D eigenvalue weighted by molar-refractivity contribution is 4.73. The van der Waals surface area contributed by atoms with Crippen molar-refractivity contribution in [3.05, 3.63) is 0 Å². The van der Waals surface area contributed by atoms with Gasteiger partial charge in [-0.05, 0) is 36.5 Å². The summed E-state index contributed by atoms with van der Waals surface area (Å²) in [4.78, 5) is 0. The van der Waals surface area contributed by atoms with E-state index in [2.05, 4.69) is 13.8 Å². The van der Waals surface area contributed by atoms with Gasteiger partial charge in [0.1, 0.15) is 0 Å². The molecule has 0 rings (SSSR count). The van der Waals surface area contributed by atoms with Crippen LogP contribution in [-0.2, 0) is 0 Å². The van der Waals surface area contributed by atoms with Crippen LogP contribution < -0.4 is 0 Å². The van der Waals surface area contributed by atoms with Crippen molar-refractivity contribution in [3.63, 3.8) is 0 Å². The minimum atomic E-state index is -0.108. The van der Waals surface area contributed by atoms with E-state index < -0.39 is 0 Å². The summed E-state index contributed by atoms with van der Waals surface area (Å²) in [6.45, 7) is 4.75. The number of hydrogen-bond acceptors (Lipinski definition) is 4. The molecule has 0 unspecified atom stereocenters. The first-order chi connectivity index (χ1) is 11.4. The summed E-state index contributed by atoms with van der Waals surface area (Å²) in [5.74, 6) is 0. The molecule has 4 N–H and O–H groups in total. The van der Waals surface area contributed by atoms with Crippen LogP contribution >= 0.6 is 0 Å². The van der Waals surface area contributed by atoms with Crippen molar-refractivity contribution in [2.45, 2.75) is 90.9 Å². The second kappa shape index (κ2) is 14.1. The number of aliphatic hydroxyl groups is 4. The van der Waals surface area contributed by atoms with E-state index in [4.69, 9.17) is 10.2 Å². The molecule has 0 fully saturated rings. The van der Waals surface area contributed by atoms with Crippen LogP contribution in [0, 0.1) is 10.8 Å². The van der Waals surface area contributed by atoms with Crippen LogP contribution in [0.15, 0.2) is 0 Å². The topological polar surface area (TPSA) is 80.9 Å². The fraction of sp³-hybridized carbons (Fsp3) is 1.00. The van der Waals surface area contributed by atoms with Crippen molar-refractivity contribution in [3.8, 4) is 0 Å². The van der Waals surface area contributed by atoms with Crippen molar-refractivity contribution < 1.29 is 20.4 Å². The van der Waals surface area contributed by atoms with Gasteiger partial charge in [0.2, 0.25) is 0 Å². The van der Waals surface area contributed by atoms with E-state index in [1.165, 1.54) is 38.5 Å². The van der Waals surface area contributed by atoms with Crippen molar-refractivity contribution >= 4 is 0 Å². The molecule has 0 aromatic rings. The molecule has 2 atom stereocenters. The zero-order valence-electron chi connectivity index (χ0n) is 16.1. The largest absolute Gasteiger partial charge is 0.396 e. The lowest BCUT2D eigenvalue weighted by Gasteiger charge is -2.26. The van der Waals surface area contributed by atoms with Gasteiger partial charge in [0.25, 0.3) is 0 Å². The van der Waals surface area contributed by atoms with Crippen LogP contribution in [0.5, 0.6) is 0 Å². The Morgan fingerprint density at radius 1 is 0.458 bits per heavy atom. The maximum atomic E-state index is 9.41. The quantitative estimate of drug-likeness (QED) is 0.303. The smallest absolute Gasteiger partial charge is 0.0485 e. The molecule has 0 radical (unpaired) electrons. The third kappa shape index (κ3) is 11.4. The molecule has 0 amide bonds. The molecular formula is C20H42O4. The number of hydrogen-bond donors (Lipinski definition) is 4. The summed E-state index contributed by atoms with van der Waals surface area (Å²) in [7, 11) is 0. The summed E-state index contributed by atoms with van der Waals surface area (Å²) in [5, 5.41) is 36.9. The van der Waals surface area contributed by atoms with Crippen molar-refractivity contribution in [1.82, 2.24) is 0 Å². The summed E-state index contributed by atoms with van der Waals surface area (Å²) in [5.41, 5.74) is -0.217. The molecule has 0 heterocycles. The molecule has 146 valence electrons. The number of aliphatic hydroxyl groups excluding tert-OH is 4. The molecule has 0 saturated carbocycles. The minimum absolute atomic E-state index is 0.108. The van der Waals surface area contributed by atoms with Gasteiger partial charge in [-0.25, -0.2) is 0 Å². The third-order valence-electron chi connectivity index (χ3n) is 5.50. The minimum Gasteiger partial charge on any atom is -0.396 e. The maximum Gasteiger partial charge on any atom is 0.0485 e. The van der Waals surface area contributed by atoms with E-state index in [0.29, 0.717) is 12.8 Å². The van der Waals surface area contributed by atoms with Gasteiger partial charge in [-0.15, -0.1) is 0 Å². The zero-order chi connectivity index (χ0) is 18.3. The SMILES string of the molecule is C[C@](CO)(CCO)CCCCCCCCCC[C@@](C)(CO)CCO. The Bertz CT molecular complexity index is 257. The van der Waals surface area contributed by atoms with Crippen molar-refractivity contribution in [2.24, 2.45) is 10.8 Å². The summed E-state index contributed by atoms with van der Waals surface area (Å²) < 4.78 is 0. The van der Waals surface area contributed by atoms with Crippen LogP contribution in [0.3, 0.4) is 0 Å². The highest BCUT2D eigenvalue weighted by Crippen LogP contribution is 2.29. The normalized spacial score (nSPS) is 16.8. The lowest BCUT2D eigenvalue weighted by atomic mass is 9.82. The fourth-order valence-electron chi connectivity index (χ4n) is 3.27. The van der Waals surface area contributed by atoms with Crippen molar-refractivity contribution in [1.29, 1.82) is 0 Å². The number of unbranched alkanes of at least 4 members (excludes halogenated alkanes) is 7. The second-order valence-corrected chi connectivity index (χ2v) is 8.21. The first-order valence-electron chi connectivity index (χ1n) is 9.89. The summed E-state index contributed by atoms with van der Waals surface area (Å²) >= 11 is 0. The zero-order valence-corrected chi connectivity index (χ0v) is 16.1. The molecular weight excluding hydrogens is 304 g/mol. The first-order valence-corrected chi connectivity index (χ1v) is 9.89. The van der Waals surface area contributed by atoms with Gasteiger partial charge in [0, 0.05) is 26.4 Å². The van der Waals surface area contributed by atoms with Gasteiger partial charge in [0.15, 0.2) is 0 Å². The summed E-state index contributed by atoms with van der Waals surface area (Å²) in [6.07, 6.45) is 13.1. The van der Waals surface area contributed by atoms with E-state index in [1.807, 2.05) is 0 Å². The van der Waals surface area contributed by atoms with Gasteiger partial charge < -0.3 is 20.4 Å². The maximum absolute atomic E-state index is 9.41. The predicted molar refractivity (Wildman–Crippen MR) is 100.0 cm³/mol. The molecule has 4 nitrogen and oxygen atoms in total. The Morgan fingerprint density at radius 3 is 1.00 bits per heavy atom. The predicted octanol–water partition coefficient (Wildman–Crippen LogP) is 3.65. The van der Waals surface area contributed by atoms with Crippen LogP contribution in [0.4, 0.5) is 0 Å². The lowest BCUT2D eigenvalue weighted by molar-refractivity contribution is 0.0951. The van der Waals surface area contributed by atoms with E-state index in [-0.39, 0.29) is 37.3 Å². The molecule has 24 heavy (non-hydrogen) atoms. The van der Waals surface area contributed by atoms with Gasteiger partial charge in [-0.1, -0.05) is 65.2 Å². The molecule has 4 heteroatoms. The van der Waals surface area contributed by atoms with Crippen LogP contribution in [-0.4, -0.2) is 46.9 Å². The van der Waals surface area contributed by atoms with E-state index in [0.717, 1.165) is 25.7 Å². The highest BCUT2D eigenvalue weighted by atomic mass is 16.3. The van der Waals surface area contributed by atoms with Gasteiger partial charge >= 0.3 is 0 Å². The molecule has 0 aliphatic carbocycles. The molecule has 0 saturated heterocycles. The van der Waals surface area contributed by atoms with Gasteiger partial charge in [-0.3, -0.25) is 0 Å². The Labute approximate surface area is 149 Å². The average Bonchev–Trinajstić information content (AvgIpc) is 2.57. The monoisotopic (exact) mass is 346 g/mol. The van der Waals surface area contributed by atoms with Crippen LogP contribution in [0.2, 0.25) is 0 Å². The van der Waals surface area contributed by atoms with Crippen LogP contribution in [0.1, 0.15) is 90.9 Å². The molecule has 0 bridgehead atoms. The third-order valence-corrected chi connectivity index (χ3v) is 5.50. The van der Waals surface area contributed by atoms with Crippen molar-refractivity contribution in [2.75, 3.05) is 26.4 Å². The first kappa shape index (κ1) is 23.8. The Kier molecular flexibility index (Phi) is 14.0. The standard InChI is InChI=1S/C20H42O4/c1-19(17-23,13-15-21)11-9-7-5-3-4-6-8-10-12-20(2,18-24)14-16-22/h21-24H,3-18H2,1-2H3/t19-,20-/m1/s1. The Hall–Kier alpha value is -0.160. The summed E-state index contributed by atoms with van der Waals surface area (Å²) in [6, 6.07) is 0. The molecule has 0 aliphatic rings. The Morgan fingerprint density at radius 2 is 0.750 bits per heavy atom. The molecule has 0 aromatic heterocycles. The highest BCUT2D eigenvalue weighted by Gasteiger charge is 2.22. The lowest BCUT2D eigenvalue weighted by Crippen LogP contribution is -2.22. The molecule has 0 spiro atoms. The molecule has 0 aromatic carbocycles. The fourth-order valence-corrected chi connectivity index (χ4v) is 3.27. The average molecular weight is 347 g/mol.